The van der Waals surface area contributed by atoms with E-state index in [0.29, 0.717) is 5.56 Å². The van der Waals surface area contributed by atoms with Gasteiger partial charge in [0.05, 0.1) is 12.7 Å². The van der Waals surface area contributed by atoms with Gasteiger partial charge >= 0.3 is 5.97 Å². The highest BCUT2D eigenvalue weighted by Gasteiger charge is 2.16. The summed E-state index contributed by atoms with van der Waals surface area (Å²) in [5, 5.41) is 3.45. The average molecular weight is 247 g/mol. The van der Waals surface area contributed by atoms with E-state index in [-0.39, 0.29) is 5.97 Å². The molecule has 0 bridgehead atoms. The van der Waals surface area contributed by atoms with Crippen molar-refractivity contribution in [3.05, 3.63) is 35.4 Å². The molecule has 1 saturated carbocycles. The highest BCUT2D eigenvalue weighted by molar-refractivity contribution is 5.89. The van der Waals surface area contributed by atoms with Gasteiger partial charge in [0, 0.05) is 6.54 Å². The van der Waals surface area contributed by atoms with Gasteiger partial charge in [-0.15, -0.1) is 0 Å². The Kier molecular flexibility index (Phi) is 4.76. The van der Waals surface area contributed by atoms with Crippen molar-refractivity contribution in [3.63, 3.8) is 0 Å². The minimum absolute atomic E-state index is 0.278. The van der Waals surface area contributed by atoms with Crippen molar-refractivity contribution in [2.45, 2.75) is 32.2 Å². The summed E-state index contributed by atoms with van der Waals surface area (Å²) < 4.78 is 4.67. The van der Waals surface area contributed by atoms with Crippen LogP contribution in [-0.4, -0.2) is 19.6 Å². The van der Waals surface area contributed by atoms with E-state index in [1.165, 1.54) is 38.4 Å². The Hall–Kier alpha value is -1.35. The molecule has 0 heterocycles. The Labute approximate surface area is 109 Å². The molecule has 1 aliphatic carbocycles. The lowest BCUT2D eigenvalue weighted by Crippen LogP contribution is -2.21. The van der Waals surface area contributed by atoms with E-state index >= 15 is 0 Å². The first-order chi connectivity index (χ1) is 8.79. The van der Waals surface area contributed by atoms with Gasteiger partial charge in [-0.05, 0) is 36.6 Å². The molecule has 0 unspecified atom stereocenters. The Balaban J connectivity index is 1.70. The number of carbonyl (C=O) groups is 1. The Morgan fingerprint density at radius 3 is 2.61 bits per heavy atom. The molecule has 0 radical (unpaired) electrons. The number of carbonyl (C=O) groups excluding carboxylic acids is 1. The summed E-state index contributed by atoms with van der Waals surface area (Å²) in [6.07, 6.45) is 5.53. The molecule has 0 atom stereocenters. The van der Waals surface area contributed by atoms with E-state index in [2.05, 4.69) is 10.1 Å². The van der Waals surface area contributed by atoms with Crippen LogP contribution in [0.1, 0.15) is 41.6 Å². The first-order valence-electron chi connectivity index (χ1n) is 6.67. The summed E-state index contributed by atoms with van der Waals surface area (Å²) in [5.74, 6) is 0.679. The van der Waals surface area contributed by atoms with Crippen LogP contribution in [0.5, 0.6) is 0 Å². The zero-order chi connectivity index (χ0) is 12.8. The summed E-state index contributed by atoms with van der Waals surface area (Å²) in [5.41, 5.74) is 1.81. The number of hydrogen-bond donors (Lipinski definition) is 1. The quantitative estimate of drug-likeness (QED) is 0.620. The number of esters is 1. The van der Waals surface area contributed by atoms with Crippen LogP contribution >= 0.6 is 0 Å². The summed E-state index contributed by atoms with van der Waals surface area (Å²) in [6, 6.07) is 7.58. The van der Waals surface area contributed by atoms with Gasteiger partial charge in [-0.1, -0.05) is 31.4 Å². The second kappa shape index (κ2) is 6.55. The van der Waals surface area contributed by atoms with E-state index in [0.717, 1.165) is 19.0 Å². The maximum atomic E-state index is 11.3. The lowest BCUT2D eigenvalue weighted by atomic mass is 9.83. The third kappa shape index (κ3) is 3.57. The third-order valence-corrected chi connectivity index (χ3v) is 3.66. The van der Waals surface area contributed by atoms with Crippen molar-refractivity contribution >= 4 is 5.97 Å². The molecular weight excluding hydrogens is 226 g/mol. The zero-order valence-corrected chi connectivity index (χ0v) is 10.9. The minimum atomic E-state index is -0.278. The van der Waals surface area contributed by atoms with Crippen LogP contribution in [0.15, 0.2) is 24.3 Å². The number of methoxy groups -OCH3 is 1. The molecular formula is C15H21NO2. The van der Waals surface area contributed by atoms with Crippen LogP contribution in [0.4, 0.5) is 0 Å². The standard InChI is InChI=1S/C15H21NO2/c1-18-15(17)14-7-5-13(6-8-14)11-16-10-9-12-3-2-4-12/h5-8,12,16H,2-4,9-11H2,1H3. The first kappa shape index (κ1) is 13.1. The van der Waals surface area contributed by atoms with Crippen LogP contribution in [0.2, 0.25) is 0 Å². The maximum Gasteiger partial charge on any atom is 0.337 e. The Bertz CT molecular complexity index is 382. The normalized spacial score (nSPS) is 15.2. The lowest BCUT2D eigenvalue weighted by Gasteiger charge is -2.25. The molecule has 1 aliphatic rings. The van der Waals surface area contributed by atoms with Gasteiger partial charge in [-0.3, -0.25) is 0 Å². The Morgan fingerprint density at radius 2 is 2.06 bits per heavy atom. The largest absolute Gasteiger partial charge is 0.465 e. The van der Waals surface area contributed by atoms with Crippen molar-refractivity contribution in [3.8, 4) is 0 Å². The van der Waals surface area contributed by atoms with Crippen LogP contribution in [0.3, 0.4) is 0 Å². The maximum absolute atomic E-state index is 11.3. The number of ether oxygens (including phenoxy) is 1. The molecule has 1 N–H and O–H groups in total. The lowest BCUT2D eigenvalue weighted by molar-refractivity contribution is 0.0600. The van der Waals surface area contributed by atoms with E-state index in [4.69, 9.17) is 0 Å². The molecule has 18 heavy (non-hydrogen) atoms. The average Bonchev–Trinajstić information content (AvgIpc) is 2.36. The summed E-state index contributed by atoms with van der Waals surface area (Å²) in [7, 11) is 1.40. The molecule has 0 aliphatic heterocycles. The number of benzene rings is 1. The zero-order valence-electron chi connectivity index (χ0n) is 10.9. The SMILES string of the molecule is COC(=O)c1ccc(CNCCC2CCC2)cc1. The predicted molar refractivity (Wildman–Crippen MR) is 71.4 cm³/mol. The van der Waals surface area contributed by atoms with Crippen LogP contribution in [0, 0.1) is 5.92 Å². The van der Waals surface area contributed by atoms with Gasteiger partial charge in [0.15, 0.2) is 0 Å². The van der Waals surface area contributed by atoms with Crippen molar-refractivity contribution in [2.75, 3.05) is 13.7 Å². The molecule has 3 heteroatoms. The molecule has 1 aromatic rings. The van der Waals surface area contributed by atoms with Crippen LogP contribution in [-0.2, 0) is 11.3 Å². The van der Waals surface area contributed by atoms with Crippen molar-refractivity contribution in [1.82, 2.24) is 5.32 Å². The molecule has 3 nitrogen and oxygen atoms in total. The fourth-order valence-electron chi connectivity index (χ4n) is 2.20. The second-order valence-corrected chi connectivity index (χ2v) is 4.95. The minimum Gasteiger partial charge on any atom is -0.465 e. The number of rotatable bonds is 6. The van der Waals surface area contributed by atoms with Crippen molar-refractivity contribution in [2.24, 2.45) is 5.92 Å². The first-order valence-corrected chi connectivity index (χ1v) is 6.67. The van der Waals surface area contributed by atoms with Crippen molar-refractivity contribution in [1.29, 1.82) is 0 Å². The molecule has 2 rings (SSSR count). The predicted octanol–water partition coefficient (Wildman–Crippen LogP) is 2.75. The van der Waals surface area contributed by atoms with E-state index in [1.807, 2.05) is 24.3 Å². The van der Waals surface area contributed by atoms with Crippen LogP contribution in [0.25, 0.3) is 0 Å². The Morgan fingerprint density at radius 1 is 1.33 bits per heavy atom. The van der Waals surface area contributed by atoms with Gasteiger partial charge < -0.3 is 10.1 Å². The summed E-state index contributed by atoms with van der Waals surface area (Å²) in [4.78, 5) is 11.3. The topological polar surface area (TPSA) is 38.3 Å². The molecule has 1 aromatic carbocycles. The van der Waals surface area contributed by atoms with Gasteiger partial charge in [-0.2, -0.15) is 0 Å². The fraction of sp³-hybridized carbons (Fsp3) is 0.533. The number of hydrogen-bond acceptors (Lipinski definition) is 3. The highest BCUT2D eigenvalue weighted by atomic mass is 16.5. The van der Waals surface area contributed by atoms with Gasteiger partial charge in [0.2, 0.25) is 0 Å². The van der Waals surface area contributed by atoms with Gasteiger partial charge in [0.25, 0.3) is 0 Å². The highest BCUT2D eigenvalue weighted by Crippen LogP contribution is 2.28. The third-order valence-electron chi connectivity index (χ3n) is 3.66. The molecule has 0 spiro atoms. The molecule has 0 saturated heterocycles. The van der Waals surface area contributed by atoms with Crippen molar-refractivity contribution < 1.29 is 9.53 Å². The summed E-state index contributed by atoms with van der Waals surface area (Å²) >= 11 is 0. The smallest absolute Gasteiger partial charge is 0.337 e. The summed E-state index contributed by atoms with van der Waals surface area (Å²) in [6.45, 7) is 1.96. The molecule has 0 aromatic heterocycles. The van der Waals surface area contributed by atoms with Gasteiger partial charge in [0.1, 0.15) is 0 Å². The molecule has 0 amide bonds. The fourth-order valence-corrected chi connectivity index (χ4v) is 2.20. The van der Waals surface area contributed by atoms with Crippen LogP contribution < -0.4 is 5.32 Å². The molecule has 98 valence electrons. The van der Waals surface area contributed by atoms with Gasteiger partial charge in [-0.25, -0.2) is 4.79 Å². The monoisotopic (exact) mass is 247 g/mol. The van der Waals surface area contributed by atoms with E-state index in [1.54, 1.807) is 0 Å². The van der Waals surface area contributed by atoms with E-state index in [9.17, 15) is 4.79 Å². The molecule has 1 fully saturated rings. The van der Waals surface area contributed by atoms with E-state index < -0.39 is 0 Å². The number of nitrogens with one attached hydrogen (secondary N) is 1. The second-order valence-electron chi connectivity index (χ2n) is 4.95.